The van der Waals surface area contributed by atoms with Gasteiger partial charge in [-0.25, -0.2) is 15.0 Å². The van der Waals surface area contributed by atoms with E-state index in [1.165, 1.54) is 19.3 Å². The van der Waals surface area contributed by atoms with Crippen LogP contribution in [0.25, 0.3) is 0 Å². The number of rotatable bonds is 3. The van der Waals surface area contributed by atoms with Gasteiger partial charge in [0, 0.05) is 23.8 Å². The molecule has 0 radical (unpaired) electrons. The van der Waals surface area contributed by atoms with Crippen molar-refractivity contribution >= 4 is 39.1 Å². The number of hydrogen-bond donors (Lipinski definition) is 2. The van der Waals surface area contributed by atoms with Gasteiger partial charge in [0.2, 0.25) is 0 Å². The number of anilines is 4. The summed E-state index contributed by atoms with van der Waals surface area (Å²) >= 11 is 3.36. The minimum atomic E-state index is 0.573. The first kappa shape index (κ1) is 14.1. The number of piperidine rings is 1. The van der Waals surface area contributed by atoms with Gasteiger partial charge in [-0.05, 0) is 47.3 Å². The van der Waals surface area contributed by atoms with E-state index in [2.05, 4.69) is 41.1 Å². The molecule has 110 valence electrons. The molecule has 7 heteroatoms. The maximum Gasteiger partial charge on any atom is 0.160 e. The second kappa shape index (κ2) is 6.26. The predicted molar refractivity (Wildman–Crippen MR) is 87.7 cm³/mol. The normalized spacial score (nSPS) is 15.0. The van der Waals surface area contributed by atoms with Crippen LogP contribution in [0.5, 0.6) is 0 Å². The van der Waals surface area contributed by atoms with Crippen LogP contribution in [0.3, 0.4) is 0 Å². The molecule has 0 atom stereocenters. The number of nitrogens with zero attached hydrogens (tertiary/aromatic N) is 4. The highest BCUT2D eigenvalue weighted by atomic mass is 79.9. The second-order valence-electron chi connectivity index (χ2n) is 4.99. The molecular formula is C14H17BrN6. The molecule has 0 amide bonds. The third-order valence-electron chi connectivity index (χ3n) is 3.49. The van der Waals surface area contributed by atoms with Crippen LogP contribution in [0.2, 0.25) is 0 Å². The number of halogens is 1. The van der Waals surface area contributed by atoms with Crippen molar-refractivity contribution in [1.82, 2.24) is 15.0 Å². The summed E-state index contributed by atoms with van der Waals surface area (Å²) in [6, 6.07) is 3.78. The molecule has 2 aromatic rings. The van der Waals surface area contributed by atoms with Crippen LogP contribution in [0.4, 0.5) is 23.1 Å². The molecule has 0 bridgehead atoms. The van der Waals surface area contributed by atoms with E-state index in [0.29, 0.717) is 17.3 Å². The van der Waals surface area contributed by atoms with Crippen LogP contribution >= 0.6 is 15.9 Å². The zero-order chi connectivity index (χ0) is 14.7. The Morgan fingerprint density at radius 2 is 1.90 bits per heavy atom. The van der Waals surface area contributed by atoms with Crippen molar-refractivity contribution in [3.05, 3.63) is 29.1 Å². The average Bonchev–Trinajstić information content (AvgIpc) is 2.52. The van der Waals surface area contributed by atoms with Crippen molar-refractivity contribution in [2.45, 2.75) is 19.3 Å². The number of pyridine rings is 1. The van der Waals surface area contributed by atoms with Gasteiger partial charge in [-0.3, -0.25) is 0 Å². The molecule has 1 saturated heterocycles. The van der Waals surface area contributed by atoms with E-state index in [1.54, 1.807) is 12.5 Å². The minimum absolute atomic E-state index is 0.573. The Balaban J connectivity index is 1.84. The van der Waals surface area contributed by atoms with Gasteiger partial charge >= 0.3 is 0 Å². The molecule has 1 fully saturated rings. The largest absolute Gasteiger partial charge is 0.393 e. The molecule has 0 aliphatic carbocycles. The molecule has 6 nitrogen and oxygen atoms in total. The number of nitrogen functional groups attached to an aromatic ring is 1. The fourth-order valence-corrected chi connectivity index (χ4v) is 2.65. The van der Waals surface area contributed by atoms with E-state index in [1.807, 2.05) is 12.1 Å². The fraction of sp³-hybridized carbons (Fsp3) is 0.357. The van der Waals surface area contributed by atoms with E-state index >= 15 is 0 Å². The molecule has 3 heterocycles. The summed E-state index contributed by atoms with van der Waals surface area (Å²) in [5, 5.41) is 3.14. The molecule has 0 spiro atoms. The maximum atomic E-state index is 6.23. The van der Waals surface area contributed by atoms with Gasteiger partial charge in [0.15, 0.2) is 11.6 Å². The first-order chi connectivity index (χ1) is 10.2. The highest BCUT2D eigenvalue weighted by Crippen LogP contribution is 2.29. The van der Waals surface area contributed by atoms with Crippen molar-refractivity contribution < 1.29 is 0 Å². The Bertz CT molecular complexity index is 609. The molecule has 2 aromatic heterocycles. The van der Waals surface area contributed by atoms with Crippen LogP contribution < -0.4 is 16.0 Å². The van der Waals surface area contributed by atoms with Crippen molar-refractivity contribution in [2.75, 3.05) is 29.0 Å². The molecule has 21 heavy (non-hydrogen) atoms. The van der Waals surface area contributed by atoms with Crippen LogP contribution in [0.1, 0.15) is 19.3 Å². The smallest absolute Gasteiger partial charge is 0.160 e. The monoisotopic (exact) mass is 348 g/mol. The van der Waals surface area contributed by atoms with Gasteiger partial charge in [0.1, 0.15) is 17.8 Å². The predicted octanol–water partition coefficient (Wildman–Crippen LogP) is 2.95. The molecule has 1 aliphatic rings. The summed E-state index contributed by atoms with van der Waals surface area (Å²) in [6.07, 6.45) is 6.91. The Morgan fingerprint density at radius 3 is 2.62 bits per heavy atom. The summed E-state index contributed by atoms with van der Waals surface area (Å²) in [5.41, 5.74) is 6.80. The SMILES string of the molecule is Nc1c(Nc2ccc(Br)cn2)ncnc1N1CCCCC1. The van der Waals surface area contributed by atoms with Crippen molar-refractivity contribution in [3.63, 3.8) is 0 Å². The molecule has 3 N–H and O–H groups in total. The topological polar surface area (TPSA) is 80.0 Å². The molecule has 0 aromatic carbocycles. The first-order valence-electron chi connectivity index (χ1n) is 6.98. The van der Waals surface area contributed by atoms with Gasteiger partial charge in [-0.1, -0.05) is 0 Å². The molecule has 3 rings (SSSR count). The minimum Gasteiger partial charge on any atom is -0.393 e. The van der Waals surface area contributed by atoms with Crippen LogP contribution in [-0.4, -0.2) is 28.0 Å². The molecule has 1 aliphatic heterocycles. The average molecular weight is 349 g/mol. The van der Waals surface area contributed by atoms with E-state index < -0.39 is 0 Å². The Morgan fingerprint density at radius 1 is 1.10 bits per heavy atom. The van der Waals surface area contributed by atoms with Gasteiger partial charge in [-0.2, -0.15) is 0 Å². The van der Waals surface area contributed by atoms with E-state index in [4.69, 9.17) is 5.73 Å². The Hall–Kier alpha value is -1.89. The highest BCUT2D eigenvalue weighted by Gasteiger charge is 2.17. The summed E-state index contributed by atoms with van der Waals surface area (Å²) in [4.78, 5) is 15.1. The number of nitrogens with one attached hydrogen (secondary N) is 1. The molecular weight excluding hydrogens is 332 g/mol. The quantitative estimate of drug-likeness (QED) is 0.887. The van der Waals surface area contributed by atoms with Crippen LogP contribution in [-0.2, 0) is 0 Å². The lowest BCUT2D eigenvalue weighted by molar-refractivity contribution is 0.574. The lowest BCUT2D eigenvalue weighted by Gasteiger charge is -2.28. The van der Waals surface area contributed by atoms with Crippen LogP contribution in [0, 0.1) is 0 Å². The third-order valence-corrected chi connectivity index (χ3v) is 3.96. The molecule has 0 saturated carbocycles. The first-order valence-corrected chi connectivity index (χ1v) is 7.77. The maximum absolute atomic E-state index is 6.23. The second-order valence-corrected chi connectivity index (χ2v) is 5.91. The summed E-state index contributed by atoms with van der Waals surface area (Å²) in [7, 11) is 0. The Labute approximate surface area is 131 Å². The third kappa shape index (κ3) is 3.24. The van der Waals surface area contributed by atoms with Gasteiger partial charge in [-0.15, -0.1) is 0 Å². The van der Waals surface area contributed by atoms with E-state index in [0.717, 1.165) is 23.4 Å². The van der Waals surface area contributed by atoms with Crippen molar-refractivity contribution in [3.8, 4) is 0 Å². The van der Waals surface area contributed by atoms with Gasteiger partial charge in [0.05, 0.1) is 0 Å². The van der Waals surface area contributed by atoms with Crippen LogP contribution in [0.15, 0.2) is 29.1 Å². The standard InChI is InChI=1S/C14H17BrN6/c15-10-4-5-11(17-8-10)20-13-12(16)14(19-9-18-13)21-6-2-1-3-7-21/h4-5,8-9H,1-3,6-7,16H2,(H,17,18,19,20). The number of aromatic nitrogens is 3. The number of hydrogen-bond acceptors (Lipinski definition) is 6. The van der Waals surface area contributed by atoms with Crippen molar-refractivity contribution in [2.24, 2.45) is 0 Å². The van der Waals surface area contributed by atoms with E-state index in [-0.39, 0.29) is 0 Å². The highest BCUT2D eigenvalue weighted by molar-refractivity contribution is 9.10. The molecule has 0 unspecified atom stereocenters. The fourth-order valence-electron chi connectivity index (χ4n) is 2.41. The van der Waals surface area contributed by atoms with Gasteiger partial charge < -0.3 is 16.0 Å². The van der Waals surface area contributed by atoms with Crippen molar-refractivity contribution in [1.29, 1.82) is 0 Å². The summed E-state index contributed by atoms with van der Waals surface area (Å²) in [6.45, 7) is 1.99. The summed E-state index contributed by atoms with van der Waals surface area (Å²) < 4.78 is 0.928. The Kier molecular flexibility index (Phi) is 4.19. The lowest BCUT2D eigenvalue weighted by atomic mass is 10.1. The lowest BCUT2D eigenvalue weighted by Crippen LogP contribution is -2.31. The zero-order valence-electron chi connectivity index (χ0n) is 11.6. The van der Waals surface area contributed by atoms with Gasteiger partial charge in [0.25, 0.3) is 0 Å². The van der Waals surface area contributed by atoms with E-state index in [9.17, 15) is 0 Å². The number of nitrogens with two attached hydrogens (primary N) is 1. The summed E-state index contributed by atoms with van der Waals surface area (Å²) in [5.74, 6) is 2.11. The zero-order valence-corrected chi connectivity index (χ0v) is 13.2.